The van der Waals surface area contributed by atoms with E-state index >= 15 is 0 Å². The minimum Gasteiger partial charge on any atom is -0.481 e. The first-order valence-electron chi connectivity index (χ1n) is 7.54. The predicted molar refractivity (Wildman–Crippen MR) is 98.0 cm³/mol. The third-order valence-corrected chi connectivity index (χ3v) is 4.41. The van der Waals surface area contributed by atoms with Gasteiger partial charge >= 0.3 is 5.97 Å². The lowest BCUT2D eigenvalue weighted by molar-refractivity contribution is -0.141. The van der Waals surface area contributed by atoms with Gasteiger partial charge in [0.2, 0.25) is 0 Å². The van der Waals surface area contributed by atoms with Gasteiger partial charge in [-0.25, -0.2) is 0 Å². The van der Waals surface area contributed by atoms with Gasteiger partial charge in [0.1, 0.15) is 0 Å². The Bertz CT molecular complexity index is 676. The maximum atomic E-state index is 11.6. The summed E-state index contributed by atoms with van der Waals surface area (Å²) in [5.74, 6) is -1.08. The number of carboxylic acids is 1. The quantitative estimate of drug-likeness (QED) is 0.897. The highest BCUT2D eigenvalue weighted by molar-refractivity contribution is 5.85. The van der Waals surface area contributed by atoms with Gasteiger partial charge in [0.15, 0.2) is 0 Å². The maximum absolute atomic E-state index is 11.6. The third kappa shape index (κ3) is 4.29. The van der Waals surface area contributed by atoms with Crippen LogP contribution in [0.2, 0.25) is 0 Å². The first-order chi connectivity index (χ1) is 10.5. The molecule has 0 radical (unpaired) electrons. The van der Waals surface area contributed by atoms with Crippen LogP contribution in [-0.2, 0) is 18.4 Å². The average molecular weight is 372 g/mol. The smallest absolute Gasteiger partial charge is 0.308 e. The molecule has 5 nitrogen and oxygen atoms in total. The lowest BCUT2D eigenvalue weighted by Crippen LogP contribution is -2.23. The summed E-state index contributed by atoms with van der Waals surface area (Å²) in [5.41, 5.74) is 3.21. The zero-order chi connectivity index (χ0) is 15.7. The average Bonchev–Trinajstić information content (AvgIpc) is 3.03. The second-order valence-corrected chi connectivity index (χ2v) is 6.07. The summed E-state index contributed by atoms with van der Waals surface area (Å²) in [5, 5.41) is 13.9. The van der Waals surface area contributed by atoms with Crippen molar-refractivity contribution in [3.63, 3.8) is 0 Å². The minimum absolute atomic E-state index is 0. The first-order valence-corrected chi connectivity index (χ1v) is 7.54. The number of aliphatic carboxylic acids is 1. The number of rotatable bonds is 4. The second kappa shape index (κ2) is 8.51. The van der Waals surface area contributed by atoms with E-state index in [2.05, 4.69) is 22.1 Å². The van der Waals surface area contributed by atoms with E-state index in [9.17, 15) is 9.90 Å². The Balaban J connectivity index is 0.00000144. The largest absolute Gasteiger partial charge is 0.481 e. The molecule has 24 heavy (non-hydrogen) atoms. The van der Waals surface area contributed by atoms with E-state index in [1.807, 2.05) is 38.4 Å². The molecule has 2 atom stereocenters. The van der Waals surface area contributed by atoms with Crippen molar-refractivity contribution in [2.45, 2.75) is 19.4 Å². The fourth-order valence-corrected chi connectivity index (χ4v) is 3.40. The first kappa shape index (κ1) is 20.5. The van der Waals surface area contributed by atoms with Crippen molar-refractivity contribution >= 4 is 30.8 Å². The van der Waals surface area contributed by atoms with Crippen LogP contribution in [0.15, 0.2) is 36.5 Å². The van der Waals surface area contributed by atoms with Crippen LogP contribution in [0.4, 0.5) is 0 Å². The maximum Gasteiger partial charge on any atom is 0.308 e. The topological polar surface area (TPSA) is 58.4 Å². The number of carbonyl (C=O) groups is 1. The van der Waals surface area contributed by atoms with E-state index in [0.717, 1.165) is 24.3 Å². The number of nitrogens with zero attached hydrogens (tertiary/aromatic N) is 3. The van der Waals surface area contributed by atoms with Gasteiger partial charge in [0, 0.05) is 38.8 Å². The van der Waals surface area contributed by atoms with Crippen molar-refractivity contribution in [1.29, 1.82) is 0 Å². The number of aryl methyl sites for hydroxylation is 2. The summed E-state index contributed by atoms with van der Waals surface area (Å²) in [4.78, 5) is 13.9. The van der Waals surface area contributed by atoms with Crippen LogP contribution in [0.5, 0.6) is 0 Å². The molecule has 0 amide bonds. The Morgan fingerprint density at radius 1 is 1.25 bits per heavy atom. The van der Waals surface area contributed by atoms with Crippen LogP contribution in [0.25, 0.3) is 0 Å². The summed E-state index contributed by atoms with van der Waals surface area (Å²) in [6.07, 6.45) is 1.96. The summed E-state index contributed by atoms with van der Waals surface area (Å²) in [6, 6.07) is 10.2. The molecule has 7 heteroatoms. The van der Waals surface area contributed by atoms with Crippen molar-refractivity contribution in [2.24, 2.45) is 13.0 Å². The van der Waals surface area contributed by atoms with Crippen LogP contribution in [0.3, 0.4) is 0 Å². The zero-order valence-electron chi connectivity index (χ0n) is 13.8. The standard InChI is InChI=1S/C17H21N3O2.2ClH/c1-12-14(9-19(2)18-12)15-10-20(11-16(15)17(21)22)8-13-6-4-3-5-7-13;;/h3-7,9,15-16H,8,10-11H2,1-2H3,(H,21,22);2*1H. The number of hydrogen-bond acceptors (Lipinski definition) is 3. The van der Waals surface area contributed by atoms with Gasteiger partial charge in [-0.2, -0.15) is 5.10 Å². The van der Waals surface area contributed by atoms with Gasteiger partial charge in [0.05, 0.1) is 11.6 Å². The van der Waals surface area contributed by atoms with E-state index in [1.165, 1.54) is 5.56 Å². The second-order valence-electron chi connectivity index (χ2n) is 6.07. The van der Waals surface area contributed by atoms with Crippen molar-refractivity contribution in [2.75, 3.05) is 13.1 Å². The summed E-state index contributed by atoms with van der Waals surface area (Å²) in [6.45, 7) is 4.09. The van der Waals surface area contributed by atoms with Gasteiger partial charge in [-0.15, -0.1) is 24.8 Å². The van der Waals surface area contributed by atoms with Gasteiger partial charge in [0.25, 0.3) is 0 Å². The highest BCUT2D eigenvalue weighted by Crippen LogP contribution is 2.34. The molecule has 3 rings (SSSR count). The SMILES string of the molecule is Cc1nn(C)cc1C1CN(Cc2ccccc2)CC1C(=O)O.Cl.Cl. The molecule has 2 unspecified atom stereocenters. The lowest BCUT2D eigenvalue weighted by Gasteiger charge is -2.15. The van der Waals surface area contributed by atoms with Gasteiger partial charge in [-0.1, -0.05) is 30.3 Å². The highest BCUT2D eigenvalue weighted by atomic mass is 35.5. The normalized spacial score (nSPS) is 20.2. The van der Waals surface area contributed by atoms with Crippen LogP contribution >= 0.6 is 24.8 Å². The van der Waals surface area contributed by atoms with Crippen LogP contribution < -0.4 is 0 Å². The highest BCUT2D eigenvalue weighted by Gasteiger charge is 2.39. The van der Waals surface area contributed by atoms with E-state index < -0.39 is 5.97 Å². The Hall–Kier alpha value is -1.56. The van der Waals surface area contributed by atoms with Crippen LogP contribution in [-0.4, -0.2) is 38.8 Å². The fraction of sp³-hybridized carbons (Fsp3) is 0.412. The Morgan fingerprint density at radius 3 is 2.46 bits per heavy atom. The van der Waals surface area contributed by atoms with Crippen molar-refractivity contribution in [3.8, 4) is 0 Å². The Morgan fingerprint density at radius 2 is 1.92 bits per heavy atom. The molecular weight excluding hydrogens is 349 g/mol. The van der Waals surface area contributed by atoms with Crippen molar-refractivity contribution in [3.05, 3.63) is 53.3 Å². The molecule has 1 aromatic carbocycles. The molecule has 0 spiro atoms. The van der Waals surface area contributed by atoms with E-state index in [1.54, 1.807) is 4.68 Å². The summed E-state index contributed by atoms with van der Waals surface area (Å²) >= 11 is 0. The van der Waals surface area contributed by atoms with Crippen LogP contribution in [0.1, 0.15) is 22.7 Å². The molecular formula is C17H23Cl2N3O2. The van der Waals surface area contributed by atoms with E-state index in [4.69, 9.17) is 0 Å². The lowest BCUT2D eigenvalue weighted by atomic mass is 9.89. The minimum atomic E-state index is -0.719. The number of halogens is 2. The number of hydrogen-bond donors (Lipinski definition) is 1. The monoisotopic (exact) mass is 371 g/mol. The van der Waals surface area contributed by atoms with E-state index in [0.29, 0.717) is 6.54 Å². The van der Waals surface area contributed by atoms with Crippen LogP contribution in [0, 0.1) is 12.8 Å². The van der Waals surface area contributed by atoms with Gasteiger partial charge in [-0.3, -0.25) is 14.4 Å². The molecule has 1 aliphatic heterocycles. The van der Waals surface area contributed by atoms with E-state index in [-0.39, 0.29) is 36.6 Å². The number of benzene rings is 1. The number of aromatic nitrogens is 2. The van der Waals surface area contributed by atoms with Gasteiger partial charge < -0.3 is 5.11 Å². The molecule has 2 aromatic rings. The molecule has 1 saturated heterocycles. The molecule has 2 heterocycles. The summed E-state index contributed by atoms with van der Waals surface area (Å²) in [7, 11) is 1.88. The molecule has 0 aliphatic carbocycles. The van der Waals surface area contributed by atoms with Gasteiger partial charge in [-0.05, 0) is 18.1 Å². The third-order valence-electron chi connectivity index (χ3n) is 4.41. The van der Waals surface area contributed by atoms with Crippen molar-refractivity contribution < 1.29 is 9.90 Å². The molecule has 1 fully saturated rings. The molecule has 1 aliphatic rings. The molecule has 0 saturated carbocycles. The molecule has 0 bridgehead atoms. The Kier molecular flexibility index (Phi) is 7.27. The predicted octanol–water partition coefficient (Wildman–Crippen LogP) is 2.87. The molecule has 1 N–H and O–H groups in total. The number of likely N-dealkylation sites (tertiary alicyclic amines) is 1. The fourth-order valence-electron chi connectivity index (χ4n) is 3.40. The number of carboxylic acid groups (broad SMARTS) is 1. The Labute approximate surface area is 154 Å². The molecule has 132 valence electrons. The van der Waals surface area contributed by atoms with Crippen molar-refractivity contribution in [1.82, 2.24) is 14.7 Å². The molecule has 1 aromatic heterocycles. The zero-order valence-corrected chi connectivity index (χ0v) is 15.4. The summed E-state index contributed by atoms with van der Waals surface area (Å²) < 4.78 is 1.77.